The molecule has 8 heteroatoms. The number of anilines is 1. The van der Waals surface area contributed by atoms with Crippen molar-refractivity contribution in [2.24, 2.45) is 0 Å². The molecule has 0 spiro atoms. The predicted molar refractivity (Wildman–Crippen MR) is 76.7 cm³/mol. The molecule has 0 atom stereocenters. The Hall–Kier alpha value is -3.00. The maximum Gasteiger partial charge on any atom is 0.280 e. The lowest BCUT2D eigenvalue weighted by Gasteiger charge is -2.09. The lowest BCUT2D eigenvalue weighted by molar-refractivity contribution is -0.395. The van der Waals surface area contributed by atoms with E-state index in [0.717, 1.165) is 5.69 Å². The number of rotatable bonds is 6. The first-order valence-corrected chi connectivity index (χ1v) is 6.04. The zero-order chi connectivity index (χ0) is 15.2. The molecule has 0 bridgehead atoms. The molecule has 108 valence electrons. The van der Waals surface area contributed by atoms with Crippen molar-refractivity contribution in [1.29, 1.82) is 0 Å². The minimum absolute atomic E-state index is 0.0240. The van der Waals surface area contributed by atoms with Gasteiger partial charge >= 0.3 is 0 Å². The molecule has 0 aliphatic rings. The molecule has 0 amide bonds. The van der Waals surface area contributed by atoms with Crippen LogP contribution in [0.3, 0.4) is 0 Å². The Balaban J connectivity index is 2.18. The second kappa shape index (κ2) is 6.44. The molecule has 0 aliphatic carbocycles. The zero-order valence-corrected chi connectivity index (χ0v) is 10.9. The topological polar surface area (TPSA) is 110 Å². The highest BCUT2D eigenvalue weighted by molar-refractivity contribution is 5.53. The number of hydrogen-bond acceptors (Lipinski definition) is 6. The molecule has 2 aromatic carbocycles. The fraction of sp³-hybridized carbons (Fsp3) is 0.0769. The van der Waals surface area contributed by atoms with Crippen LogP contribution in [-0.4, -0.2) is 9.85 Å². The van der Waals surface area contributed by atoms with Gasteiger partial charge in [0.2, 0.25) is 0 Å². The Morgan fingerprint density at radius 2 is 1.43 bits per heavy atom. The van der Waals surface area contributed by atoms with Crippen LogP contribution in [0.25, 0.3) is 0 Å². The number of nitrogens with zero attached hydrogens (tertiary/aromatic N) is 2. The molecule has 0 saturated heterocycles. The highest BCUT2D eigenvalue weighted by atomic mass is 16.6. The van der Waals surface area contributed by atoms with Gasteiger partial charge in [-0.05, 0) is 18.2 Å². The summed E-state index contributed by atoms with van der Waals surface area (Å²) in [7, 11) is 0. The molecule has 21 heavy (non-hydrogen) atoms. The van der Waals surface area contributed by atoms with E-state index in [1.165, 1.54) is 18.2 Å². The minimum atomic E-state index is -0.632. The molecule has 0 aliphatic heterocycles. The van der Waals surface area contributed by atoms with E-state index in [1.54, 1.807) is 12.1 Å². The van der Waals surface area contributed by atoms with Gasteiger partial charge in [-0.25, -0.2) is 5.43 Å². The summed E-state index contributed by atoms with van der Waals surface area (Å²) in [6, 6.07) is 12.8. The zero-order valence-electron chi connectivity index (χ0n) is 10.9. The SMILES string of the molecule is O=[N+]([O-])c1cccc([N+](=O)[O-])c1CNNc1ccccc1. The van der Waals surface area contributed by atoms with E-state index < -0.39 is 9.85 Å². The molecule has 0 saturated carbocycles. The predicted octanol–water partition coefficient (Wildman–Crippen LogP) is 2.62. The van der Waals surface area contributed by atoms with Gasteiger partial charge in [0.05, 0.1) is 16.4 Å². The smallest absolute Gasteiger partial charge is 0.280 e. The molecule has 2 N–H and O–H groups in total. The van der Waals surface area contributed by atoms with Crippen LogP contribution >= 0.6 is 0 Å². The first-order chi connectivity index (χ1) is 10.1. The Labute approximate surface area is 119 Å². The van der Waals surface area contributed by atoms with E-state index in [4.69, 9.17) is 0 Å². The Morgan fingerprint density at radius 1 is 0.857 bits per heavy atom. The summed E-state index contributed by atoms with van der Waals surface area (Å²) in [4.78, 5) is 20.7. The lowest BCUT2D eigenvalue weighted by Crippen LogP contribution is -2.22. The molecular weight excluding hydrogens is 276 g/mol. The monoisotopic (exact) mass is 288 g/mol. The van der Waals surface area contributed by atoms with Gasteiger partial charge in [0.15, 0.2) is 0 Å². The molecule has 8 nitrogen and oxygen atoms in total. The molecule has 0 fully saturated rings. The van der Waals surface area contributed by atoms with Crippen molar-refractivity contribution in [3.63, 3.8) is 0 Å². The van der Waals surface area contributed by atoms with Gasteiger partial charge in [0.25, 0.3) is 11.4 Å². The van der Waals surface area contributed by atoms with Gasteiger partial charge in [0.1, 0.15) is 5.56 Å². The van der Waals surface area contributed by atoms with Crippen molar-refractivity contribution in [1.82, 2.24) is 5.43 Å². The number of hydrogen-bond donors (Lipinski definition) is 2. The summed E-state index contributed by atoms with van der Waals surface area (Å²) >= 11 is 0. The lowest BCUT2D eigenvalue weighted by atomic mass is 10.1. The quantitative estimate of drug-likeness (QED) is 0.624. The second-order valence-corrected chi connectivity index (χ2v) is 4.13. The summed E-state index contributed by atoms with van der Waals surface area (Å²) in [5, 5.41) is 21.9. The number of nitrogens with one attached hydrogen (secondary N) is 2. The molecule has 2 rings (SSSR count). The van der Waals surface area contributed by atoms with E-state index in [0.29, 0.717) is 0 Å². The molecular formula is C13H12N4O4. The molecule has 0 aromatic heterocycles. The van der Waals surface area contributed by atoms with Crippen LogP contribution in [-0.2, 0) is 6.54 Å². The van der Waals surface area contributed by atoms with Crippen molar-refractivity contribution >= 4 is 17.1 Å². The Morgan fingerprint density at radius 3 is 1.95 bits per heavy atom. The van der Waals surface area contributed by atoms with Crippen LogP contribution in [0.4, 0.5) is 17.1 Å². The fourth-order valence-corrected chi connectivity index (χ4v) is 1.84. The van der Waals surface area contributed by atoms with E-state index in [2.05, 4.69) is 10.9 Å². The maximum atomic E-state index is 11.0. The summed E-state index contributed by atoms with van der Waals surface area (Å²) in [6.45, 7) is -0.0532. The van der Waals surface area contributed by atoms with Gasteiger partial charge in [0, 0.05) is 17.8 Å². The van der Waals surface area contributed by atoms with Crippen molar-refractivity contribution in [3.8, 4) is 0 Å². The Kier molecular flexibility index (Phi) is 4.42. The average Bonchev–Trinajstić information content (AvgIpc) is 2.48. The largest absolute Gasteiger partial charge is 0.321 e. The van der Waals surface area contributed by atoms with Crippen molar-refractivity contribution in [2.45, 2.75) is 6.54 Å². The summed E-state index contributed by atoms with van der Waals surface area (Å²) in [6.07, 6.45) is 0. The van der Waals surface area contributed by atoms with E-state index in [1.807, 2.05) is 18.2 Å². The van der Waals surface area contributed by atoms with E-state index >= 15 is 0 Å². The summed E-state index contributed by atoms with van der Waals surface area (Å²) in [5.41, 5.74) is 5.78. The van der Waals surface area contributed by atoms with Gasteiger partial charge in [-0.1, -0.05) is 18.2 Å². The standard InChI is InChI=1S/C13H12N4O4/c18-16(19)12-7-4-8-13(17(20)21)11(12)9-14-15-10-5-2-1-3-6-10/h1-8,14-15H,9H2. The highest BCUT2D eigenvalue weighted by Crippen LogP contribution is 2.27. The van der Waals surface area contributed by atoms with E-state index in [9.17, 15) is 20.2 Å². The normalized spacial score (nSPS) is 10.1. The molecule has 0 heterocycles. The number of nitro benzene ring substituents is 2. The van der Waals surface area contributed by atoms with Gasteiger partial charge < -0.3 is 5.43 Å². The maximum absolute atomic E-state index is 11.0. The third-order valence-electron chi connectivity index (χ3n) is 2.79. The van der Waals surface area contributed by atoms with E-state index in [-0.39, 0.29) is 23.5 Å². The summed E-state index contributed by atoms with van der Waals surface area (Å²) < 4.78 is 0. The van der Waals surface area contributed by atoms with Gasteiger partial charge in [-0.3, -0.25) is 20.2 Å². The van der Waals surface area contributed by atoms with Crippen LogP contribution in [0.5, 0.6) is 0 Å². The molecule has 0 radical (unpaired) electrons. The third-order valence-corrected chi connectivity index (χ3v) is 2.79. The van der Waals surface area contributed by atoms with Crippen molar-refractivity contribution in [2.75, 3.05) is 5.43 Å². The van der Waals surface area contributed by atoms with Gasteiger partial charge in [-0.15, -0.1) is 0 Å². The third kappa shape index (κ3) is 3.51. The number of para-hydroxylation sites is 1. The van der Waals surface area contributed by atoms with Crippen LogP contribution < -0.4 is 10.9 Å². The van der Waals surface area contributed by atoms with Crippen LogP contribution in [0.2, 0.25) is 0 Å². The number of nitro groups is 2. The fourth-order valence-electron chi connectivity index (χ4n) is 1.84. The van der Waals surface area contributed by atoms with Crippen LogP contribution in [0, 0.1) is 20.2 Å². The first kappa shape index (κ1) is 14.4. The first-order valence-electron chi connectivity index (χ1n) is 6.04. The minimum Gasteiger partial charge on any atom is -0.321 e. The molecule has 2 aromatic rings. The molecule has 0 unspecified atom stereocenters. The second-order valence-electron chi connectivity index (χ2n) is 4.13. The highest BCUT2D eigenvalue weighted by Gasteiger charge is 2.23. The number of benzene rings is 2. The average molecular weight is 288 g/mol. The van der Waals surface area contributed by atoms with Crippen LogP contribution in [0.1, 0.15) is 5.56 Å². The van der Waals surface area contributed by atoms with Crippen LogP contribution in [0.15, 0.2) is 48.5 Å². The van der Waals surface area contributed by atoms with Crippen molar-refractivity contribution in [3.05, 3.63) is 74.3 Å². The summed E-state index contributed by atoms with van der Waals surface area (Å²) in [5.74, 6) is 0. The van der Waals surface area contributed by atoms with Crippen molar-refractivity contribution < 1.29 is 9.85 Å². The number of hydrazine groups is 1. The Bertz CT molecular complexity index is 628. The van der Waals surface area contributed by atoms with Gasteiger partial charge in [-0.2, -0.15) is 0 Å².